The molecule has 2 N–H and O–H groups in total. The number of thioether (sulfide) groups is 1. The zero-order chi connectivity index (χ0) is 20.5. The molecule has 28 heavy (non-hydrogen) atoms. The number of nitrogens with zero attached hydrogens (tertiary/aromatic N) is 1. The normalized spacial score (nSPS) is 11.9. The van der Waals surface area contributed by atoms with E-state index in [4.69, 9.17) is 0 Å². The fourth-order valence-corrected chi connectivity index (χ4v) is 3.18. The molecule has 0 spiro atoms. The average molecular weight is 404 g/mol. The van der Waals surface area contributed by atoms with Gasteiger partial charge in [-0.2, -0.15) is 0 Å². The maximum atomic E-state index is 12.9. The Bertz CT molecular complexity index is 798. The smallest absolute Gasteiger partial charge is 0.238 e. The lowest BCUT2D eigenvalue weighted by Crippen LogP contribution is -2.46. The van der Waals surface area contributed by atoms with Gasteiger partial charge in [-0.15, -0.1) is 11.8 Å². The van der Waals surface area contributed by atoms with Crippen molar-refractivity contribution in [2.75, 3.05) is 31.7 Å². The van der Waals surface area contributed by atoms with Gasteiger partial charge >= 0.3 is 0 Å². The lowest BCUT2D eigenvalue weighted by molar-refractivity contribution is -0.126. The maximum absolute atomic E-state index is 12.9. The highest BCUT2D eigenvalue weighted by Crippen LogP contribution is 2.24. The standard InChI is InChI=1S/C21H26FN3O2S/c1-15(21(27)23-13-12-16-8-10-17(22)11-9-16)25(2)14-20(26)24-18-6-4-5-7-19(18)28-3/h4-11,15H,12-14H2,1-3H3,(H,23,27)(H,24,26). The van der Waals surface area contributed by atoms with Gasteiger partial charge in [0.2, 0.25) is 11.8 Å². The summed E-state index contributed by atoms with van der Waals surface area (Å²) in [6.45, 7) is 2.32. The SMILES string of the molecule is CSc1ccccc1NC(=O)CN(C)C(C)C(=O)NCCc1ccc(F)cc1. The number of benzene rings is 2. The van der Waals surface area contributed by atoms with Gasteiger partial charge in [-0.3, -0.25) is 14.5 Å². The van der Waals surface area contributed by atoms with Crippen molar-refractivity contribution in [3.8, 4) is 0 Å². The fraction of sp³-hybridized carbons (Fsp3) is 0.333. The summed E-state index contributed by atoms with van der Waals surface area (Å²) in [6, 6.07) is 13.4. The van der Waals surface area contributed by atoms with Crippen molar-refractivity contribution in [2.24, 2.45) is 0 Å². The van der Waals surface area contributed by atoms with E-state index in [1.54, 1.807) is 42.8 Å². The molecule has 2 rings (SSSR count). The first-order valence-electron chi connectivity index (χ1n) is 9.06. The van der Waals surface area contributed by atoms with Crippen LogP contribution < -0.4 is 10.6 Å². The van der Waals surface area contributed by atoms with E-state index in [-0.39, 0.29) is 24.2 Å². The summed E-state index contributed by atoms with van der Waals surface area (Å²) in [6.07, 6.45) is 2.57. The fourth-order valence-electron chi connectivity index (χ4n) is 2.63. The number of amides is 2. The van der Waals surface area contributed by atoms with Crippen LogP contribution in [0, 0.1) is 5.82 Å². The number of hydrogen-bond donors (Lipinski definition) is 2. The van der Waals surface area contributed by atoms with Gasteiger partial charge in [0.15, 0.2) is 0 Å². The number of likely N-dealkylation sites (N-methyl/N-ethyl adjacent to an activating group) is 1. The molecule has 0 saturated heterocycles. The highest BCUT2D eigenvalue weighted by molar-refractivity contribution is 7.98. The number of nitrogens with one attached hydrogen (secondary N) is 2. The Morgan fingerprint density at radius 1 is 1.14 bits per heavy atom. The van der Waals surface area contributed by atoms with Crippen LogP contribution in [0.1, 0.15) is 12.5 Å². The van der Waals surface area contributed by atoms with Crippen LogP contribution in [-0.2, 0) is 16.0 Å². The average Bonchev–Trinajstić information content (AvgIpc) is 2.69. The molecule has 2 aromatic carbocycles. The number of hydrogen-bond acceptors (Lipinski definition) is 4. The minimum absolute atomic E-state index is 0.106. The second-order valence-corrected chi connectivity index (χ2v) is 7.36. The van der Waals surface area contributed by atoms with Crippen LogP contribution in [0.3, 0.4) is 0 Å². The molecular formula is C21H26FN3O2S. The molecule has 0 heterocycles. The third-order valence-corrected chi connectivity index (χ3v) is 5.24. The third kappa shape index (κ3) is 6.65. The monoisotopic (exact) mass is 403 g/mol. The second-order valence-electron chi connectivity index (χ2n) is 6.51. The predicted octanol–water partition coefficient (Wildman–Crippen LogP) is 3.17. The molecule has 0 aliphatic heterocycles. The van der Waals surface area contributed by atoms with Crippen molar-refractivity contribution in [3.05, 3.63) is 59.9 Å². The topological polar surface area (TPSA) is 61.4 Å². The molecule has 0 radical (unpaired) electrons. The van der Waals surface area contributed by atoms with Crippen LogP contribution >= 0.6 is 11.8 Å². The highest BCUT2D eigenvalue weighted by Gasteiger charge is 2.20. The Morgan fingerprint density at radius 3 is 2.50 bits per heavy atom. The van der Waals surface area contributed by atoms with Crippen molar-refractivity contribution in [1.82, 2.24) is 10.2 Å². The highest BCUT2D eigenvalue weighted by atomic mass is 32.2. The first-order chi connectivity index (χ1) is 13.4. The van der Waals surface area contributed by atoms with Crippen molar-refractivity contribution < 1.29 is 14.0 Å². The van der Waals surface area contributed by atoms with Crippen LogP contribution in [0.4, 0.5) is 10.1 Å². The molecule has 7 heteroatoms. The molecule has 0 fully saturated rings. The quantitative estimate of drug-likeness (QED) is 0.632. The molecule has 2 amide bonds. The van der Waals surface area contributed by atoms with Gasteiger partial charge in [-0.25, -0.2) is 4.39 Å². The maximum Gasteiger partial charge on any atom is 0.238 e. The summed E-state index contributed by atoms with van der Waals surface area (Å²) in [5, 5.41) is 5.75. The summed E-state index contributed by atoms with van der Waals surface area (Å²) in [5.74, 6) is -0.599. The molecule has 1 unspecified atom stereocenters. The first-order valence-corrected chi connectivity index (χ1v) is 10.3. The largest absolute Gasteiger partial charge is 0.354 e. The number of carbonyl (C=O) groups excluding carboxylic acids is 2. The van der Waals surface area contributed by atoms with E-state index < -0.39 is 6.04 Å². The molecule has 0 saturated carbocycles. The van der Waals surface area contributed by atoms with Gasteiger partial charge in [-0.05, 0) is 56.5 Å². The minimum Gasteiger partial charge on any atom is -0.354 e. The Labute approximate surface area is 169 Å². The summed E-state index contributed by atoms with van der Waals surface area (Å²) >= 11 is 1.56. The number of rotatable bonds is 9. The van der Waals surface area contributed by atoms with Gasteiger partial charge in [0.05, 0.1) is 18.3 Å². The van der Waals surface area contributed by atoms with Crippen LogP contribution in [0.2, 0.25) is 0 Å². The Kier molecular flexibility index (Phi) is 8.47. The van der Waals surface area contributed by atoms with Gasteiger partial charge in [0.25, 0.3) is 0 Å². The first kappa shape index (κ1) is 21.9. The number of halogens is 1. The van der Waals surface area contributed by atoms with Gasteiger partial charge in [0, 0.05) is 11.4 Å². The van der Waals surface area contributed by atoms with Crippen LogP contribution in [-0.4, -0.2) is 49.1 Å². The van der Waals surface area contributed by atoms with Gasteiger partial charge in [0.1, 0.15) is 5.82 Å². The zero-order valence-corrected chi connectivity index (χ0v) is 17.2. The Balaban J connectivity index is 1.78. The van der Waals surface area contributed by atoms with E-state index in [0.29, 0.717) is 13.0 Å². The van der Waals surface area contributed by atoms with E-state index in [2.05, 4.69) is 10.6 Å². The van der Waals surface area contributed by atoms with E-state index in [1.165, 1.54) is 12.1 Å². The molecule has 2 aromatic rings. The van der Waals surface area contributed by atoms with Crippen LogP contribution in [0.25, 0.3) is 0 Å². The van der Waals surface area contributed by atoms with Crippen LogP contribution in [0.15, 0.2) is 53.4 Å². The molecule has 0 aliphatic rings. The van der Waals surface area contributed by atoms with Crippen molar-refractivity contribution in [3.63, 3.8) is 0 Å². The van der Waals surface area contributed by atoms with E-state index >= 15 is 0 Å². The molecule has 0 bridgehead atoms. The molecular weight excluding hydrogens is 377 g/mol. The predicted molar refractivity (Wildman–Crippen MR) is 112 cm³/mol. The lowest BCUT2D eigenvalue weighted by Gasteiger charge is -2.23. The molecule has 5 nitrogen and oxygen atoms in total. The minimum atomic E-state index is -0.449. The number of anilines is 1. The summed E-state index contributed by atoms with van der Waals surface area (Å²) in [4.78, 5) is 27.3. The second kappa shape index (κ2) is 10.8. The molecule has 0 aromatic heterocycles. The molecule has 150 valence electrons. The number of para-hydroxylation sites is 1. The number of carbonyl (C=O) groups is 2. The van der Waals surface area contributed by atoms with Crippen molar-refractivity contribution in [2.45, 2.75) is 24.3 Å². The van der Waals surface area contributed by atoms with Crippen LogP contribution in [0.5, 0.6) is 0 Å². The summed E-state index contributed by atoms with van der Waals surface area (Å²) in [5.41, 5.74) is 1.72. The summed E-state index contributed by atoms with van der Waals surface area (Å²) < 4.78 is 12.9. The lowest BCUT2D eigenvalue weighted by atomic mass is 10.1. The van der Waals surface area contributed by atoms with Crippen molar-refractivity contribution in [1.29, 1.82) is 0 Å². The zero-order valence-electron chi connectivity index (χ0n) is 16.4. The Morgan fingerprint density at radius 2 is 1.82 bits per heavy atom. The summed E-state index contributed by atoms with van der Waals surface area (Å²) in [7, 11) is 1.74. The van der Waals surface area contributed by atoms with Crippen molar-refractivity contribution >= 4 is 29.3 Å². The Hall–Kier alpha value is -2.38. The third-order valence-electron chi connectivity index (χ3n) is 4.44. The molecule has 0 aliphatic carbocycles. The van der Waals surface area contributed by atoms with Gasteiger partial charge in [-0.1, -0.05) is 24.3 Å². The van der Waals surface area contributed by atoms with E-state index in [1.807, 2.05) is 30.5 Å². The van der Waals surface area contributed by atoms with E-state index in [0.717, 1.165) is 16.1 Å². The van der Waals surface area contributed by atoms with Gasteiger partial charge < -0.3 is 10.6 Å². The molecule has 1 atom stereocenters. The van der Waals surface area contributed by atoms with E-state index in [9.17, 15) is 14.0 Å².